The van der Waals surface area contributed by atoms with Gasteiger partial charge in [-0.2, -0.15) is 0 Å². The van der Waals surface area contributed by atoms with Gasteiger partial charge in [0.05, 0.1) is 6.20 Å². The fourth-order valence-electron chi connectivity index (χ4n) is 0.634. The number of rotatable bonds is 2. The third-order valence-corrected chi connectivity index (χ3v) is 1.14. The van der Waals surface area contributed by atoms with Crippen molar-refractivity contribution < 1.29 is 4.79 Å². The predicted molar refractivity (Wildman–Crippen MR) is 37.9 cm³/mol. The molecule has 0 aliphatic heterocycles. The maximum atomic E-state index is 10.7. The van der Waals surface area contributed by atoms with E-state index in [4.69, 9.17) is 5.73 Å². The van der Waals surface area contributed by atoms with Crippen LogP contribution in [-0.4, -0.2) is 28.4 Å². The maximum Gasteiger partial charge on any atom is 0.254 e. The quantitative estimate of drug-likeness (QED) is 0.569. The zero-order valence-corrected chi connectivity index (χ0v) is 5.90. The molecule has 0 atom stereocenters. The van der Waals surface area contributed by atoms with Crippen molar-refractivity contribution in [3.8, 4) is 0 Å². The van der Waals surface area contributed by atoms with Gasteiger partial charge in [-0.15, -0.1) is 10.2 Å². The summed E-state index contributed by atoms with van der Waals surface area (Å²) in [4.78, 5) is 10.7. The molecular formula is C5H7N5O. The molecule has 0 aliphatic carbocycles. The van der Waals surface area contributed by atoms with Crippen molar-refractivity contribution >= 4 is 11.7 Å². The van der Waals surface area contributed by atoms with Crippen molar-refractivity contribution in [1.82, 2.24) is 15.4 Å². The minimum Gasteiger partial charge on any atom is -0.371 e. The van der Waals surface area contributed by atoms with Crippen LogP contribution in [0.25, 0.3) is 0 Å². The lowest BCUT2D eigenvalue weighted by molar-refractivity contribution is 0.1000. The maximum absolute atomic E-state index is 10.7. The molecule has 0 aliphatic rings. The Morgan fingerprint density at radius 2 is 2.45 bits per heavy atom. The Hall–Kier alpha value is -1.72. The van der Waals surface area contributed by atoms with E-state index in [0.29, 0.717) is 5.82 Å². The van der Waals surface area contributed by atoms with Crippen LogP contribution in [0.2, 0.25) is 0 Å². The topological polar surface area (TPSA) is 93.8 Å². The lowest BCUT2D eigenvalue weighted by Gasteiger charge is -1.99. The van der Waals surface area contributed by atoms with Gasteiger partial charge >= 0.3 is 0 Å². The van der Waals surface area contributed by atoms with Crippen LogP contribution in [0.3, 0.4) is 0 Å². The average Bonchev–Trinajstić information content (AvgIpc) is 2.04. The largest absolute Gasteiger partial charge is 0.371 e. The van der Waals surface area contributed by atoms with Gasteiger partial charge in [-0.3, -0.25) is 4.79 Å². The predicted octanol–water partition coefficient (Wildman–Crippen LogP) is -0.988. The molecule has 1 aromatic heterocycles. The van der Waals surface area contributed by atoms with E-state index >= 15 is 0 Å². The van der Waals surface area contributed by atoms with Crippen LogP contribution in [0.15, 0.2) is 6.20 Å². The Bertz CT molecular complexity index is 273. The van der Waals surface area contributed by atoms with Gasteiger partial charge in [0.25, 0.3) is 5.91 Å². The van der Waals surface area contributed by atoms with E-state index in [1.165, 1.54) is 6.20 Å². The minimum atomic E-state index is -0.572. The second-order valence-electron chi connectivity index (χ2n) is 1.81. The first kappa shape index (κ1) is 7.39. The van der Waals surface area contributed by atoms with Crippen molar-refractivity contribution in [2.24, 2.45) is 5.73 Å². The summed E-state index contributed by atoms with van der Waals surface area (Å²) in [6.45, 7) is 0. The second-order valence-corrected chi connectivity index (χ2v) is 1.81. The minimum absolute atomic E-state index is 0.238. The molecule has 58 valence electrons. The monoisotopic (exact) mass is 153 g/mol. The number of primary amides is 1. The summed E-state index contributed by atoms with van der Waals surface area (Å²) in [6.07, 6.45) is 1.27. The summed E-state index contributed by atoms with van der Waals surface area (Å²) in [5, 5.41) is 12.9. The van der Waals surface area contributed by atoms with Crippen molar-refractivity contribution in [3.63, 3.8) is 0 Å². The Balaban J connectivity index is 3.12. The summed E-state index contributed by atoms with van der Waals surface area (Å²) in [5.41, 5.74) is 5.24. The summed E-state index contributed by atoms with van der Waals surface area (Å²) in [5.74, 6) is -0.232. The van der Waals surface area contributed by atoms with E-state index in [1.807, 2.05) is 0 Å². The highest BCUT2D eigenvalue weighted by atomic mass is 16.1. The van der Waals surface area contributed by atoms with Gasteiger partial charge in [-0.1, -0.05) is 0 Å². The molecule has 0 radical (unpaired) electrons. The van der Waals surface area contributed by atoms with Crippen molar-refractivity contribution in [2.45, 2.75) is 0 Å². The molecule has 0 fully saturated rings. The normalized spacial score (nSPS) is 9.18. The number of hydrogen-bond donors (Lipinski definition) is 2. The third-order valence-electron chi connectivity index (χ3n) is 1.14. The lowest BCUT2D eigenvalue weighted by atomic mass is 10.3. The Kier molecular flexibility index (Phi) is 1.95. The molecule has 1 aromatic rings. The number of nitrogens with one attached hydrogen (secondary N) is 1. The van der Waals surface area contributed by atoms with Gasteiger partial charge < -0.3 is 11.1 Å². The fourth-order valence-corrected chi connectivity index (χ4v) is 0.634. The van der Waals surface area contributed by atoms with Crippen molar-refractivity contribution in [3.05, 3.63) is 11.8 Å². The Labute approximate surface area is 62.8 Å². The van der Waals surface area contributed by atoms with Crippen LogP contribution in [0.1, 0.15) is 10.4 Å². The summed E-state index contributed by atoms with van der Waals surface area (Å²) in [6, 6.07) is 0. The van der Waals surface area contributed by atoms with E-state index < -0.39 is 5.91 Å². The van der Waals surface area contributed by atoms with Crippen LogP contribution < -0.4 is 11.1 Å². The second kappa shape index (κ2) is 2.91. The molecule has 1 heterocycles. The summed E-state index contributed by atoms with van der Waals surface area (Å²) < 4.78 is 0. The molecule has 6 nitrogen and oxygen atoms in total. The number of carbonyl (C=O) groups is 1. The summed E-state index contributed by atoms with van der Waals surface area (Å²) in [7, 11) is 1.62. The molecule has 0 unspecified atom stereocenters. The fraction of sp³-hybridized carbons (Fsp3) is 0.200. The molecule has 1 rings (SSSR count). The highest BCUT2D eigenvalue weighted by Crippen LogP contribution is 2.05. The van der Waals surface area contributed by atoms with Crippen molar-refractivity contribution in [1.29, 1.82) is 0 Å². The summed E-state index contributed by atoms with van der Waals surface area (Å²) >= 11 is 0. The zero-order chi connectivity index (χ0) is 8.27. The van der Waals surface area contributed by atoms with Crippen LogP contribution in [0.5, 0.6) is 0 Å². The van der Waals surface area contributed by atoms with E-state index in [1.54, 1.807) is 7.05 Å². The molecule has 6 heteroatoms. The smallest absolute Gasteiger partial charge is 0.254 e. The molecule has 1 amide bonds. The molecular weight excluding hydrogens is 146 g/mol. The van der Waals surface area contributed by atoms with Gasteiger partial charge in [0.15, 0.2) is 5.82 Å². The Morgan fingerprint density at radius 1 is 1.73 bits per heavy atom. The highest BCUT2D eigenvalue weighted by molar-refractivity contribution is 5.96. The van der Waals surface area contributed by atoms with Crippen molar-refractivity contribution in [2.75, 3.05) is 12.4 Å². The van der Waals surface area contributed by atoms with Gasteiger partial charge in [0, 0.05) is 7.05 Å². The van der Waals surface area contributed by atoms with E-state index in [9.17, 15) is 4.79 Å². The number of carbonyl (C=O) groups excluding carboxylic acids is 1. The lowest BCUT2D eigenvalue weighted by Crippen LogP contribution is -2.15. The van der Waals surface area contributed by atoms with Gasteiger partial charge in [0.1, 0.15) is 5.56 Å². The Morgan fingerprint density at radius 3 is 2.91 bits per heavy atom. The first-order valence-electron chi connectivity index (χ1n) is 2.91. The number of nitrogens with two attached hydrogens (primary N) is 1. The third kappa shape index (κ3) is 1.40. The van der Waals surface area contributed by atoms with E-state index in [-0.39, 0.29) is 5.56 Å². The highest BCUT2D eigenvalue weighted by Gasteiger charge is 2.07. The molecule has 0 spiro atoms. The first-order chi connectivity index (χ1) is 5.25. The SMILES string of the molecule is CNc1nnncc1C(N)=O. The van der Waals surface area contributed by atoms with Crippen LogP contribution >= 0.6 is 0 Å². The number of hydrogen-bond acceptors (Lipinski definition) is 5. The standard InChI is InChI=1S/C5H7N5O/c1-7-5-3(4(6)11)2-8-10-9-5/h2H,1H3,(H2,6,11)(H,7,8,9). The van der Waals surface area contributed by atoms with Crippen LogP contribution in [-0.2, 0) is 0 Å². The molecule has 11 heavy (non-hydrogen) atoms. The number of aromatic nitrogens is 3. The molecule has 0 saturated heterocycles. The van der Waals surface area contributed by atoms with Crippen LogP contribution in [0, 0.1) is 0 Å². The molecule has 0 bridgehead atoms. The molecule has 0 saturated carbocycles. The van der Waals surface area contributed by atoms with Gasteiger partial charge in [-0.05, 0) is 5.21 Å². The first-order valence-corrected chi connectivity index (χ1v) is 2.91. The van der Waals surface area contributed by atoms with E-state index in [2.05, 4.69) is 20.7 Å². The number of nitrogens with zero attached hydrogens (tertiary/aromatic N) is 3. The van der Waals surface area contributed by atoms with Gasteiger partial charge in [-0.25, -0.2) is 0 Å². The molecule has 0 aromatic carbocycles. The zero-order valence-electron chi connectivity index (χ0n) is 5.90. The number of anilines is 1. The molecule has 3 N–H and O–H groups in total. The van der Waals surface area contributed by atoms with Gasteiger partial charge in [0.2, 0.25) is 0 Å². The van der Waals surface area contributed by atoms with E-state index in [0.717, 1.165) is 0 Å². The number of amides is 1. The average molecular weight is 153 g/mol. The van der Waals surface area contributed by atoms with Crippen LogP contribution in [0.4, 0.5) is 5.82 Å².